The van der Waals surface area contributed by atoms with E-state index in [-0.39, 0.29) is 12.1 Å². The van der Waals surface area contributed by atoms with Gasteiger partial charge in [0.25, 0.3) is 0 Å². The number of rotatable bonds is 6. The molecule has 8 heteroatoms. The van der Waals surface area contributed by atoms with E-state index in [1.54, 1.807) is 13.8 Å². The summed E-state index contributed by atoms with van der Waals surface area (Å²) in [5.74, 6) is 0. The lowest BCUT2D eigenvalue weighted by molar-refractivity contribution is 0.121. The number of alkyl halides is 1. The molecule has 0 aromatic rings. The lowest BCUT2D eigenvalue weighted by Gasteiger charge is -2.23. The smallest absolute Gasteiger partial charge is 0.422 e. The number of halogens is 1. The molecular weight excluding hydrogens is 336 g/mol. The lowest BCUT2D eigenvalue weighted by atomic mass is 10.1. The van der Waals surface area contributed by atoms with Gasteiger partial charge in [0.1, 0.15) is 0 Å². The highest BCUT2D eigenvalue weighted by Gasteiger charge is 2.35. The van der Waals surface area contributed by atoms with E-state index < -0.39 is 16.3 Å². The summed E-state index contributed by atoms with van der Waals surface area (Å²) in [6, 6.07) is -0.0260. The van der Waals surface area contributed by atoms with E-state index in [0.717, 1.165) is 31.0 Å². The average molecular weight is 357 g/mol. The van der Waals surface area contributed by atoms with E-state index in [0.29, 0.717) is 6.54 Å². The van der Waals surface area contributed by atoms with Crippen LogP contribution in [0.3, 0.4) is 0 Å². The highest BCUT2D eigenvalue weighted by atomic mass is 79.9. The SMILES string of the molecule is CC(C)OC(=O)NS(=O)(=O)N1CCCC1CCCBr. The van der Waals surface area contributed by atoms with Crippen molar-refractivity contribution >= 4 is 32.2 Å². The van der Waals surface area contributed by atoms with Gasteiger partial charge in [-0.15, -0.1) is 0 Å². The molecule has 1 aliphatic heterocycles. The molecule has 112 valence electrons. The Bertz CT molecular complexity index is 399. The molecular formula is C11H21BrN2O4S. The molecule has 1 rings (SSSR count). The fourth-order valence-electron chi connectivity index (χ4n) is 2.13. The standard InChI is InChI=1S/C11H21BrN2O4S/c1-9(2)18-11(15)13-19(16,17)14-8-4-6-10(14)5-3-7-12/h9-10H,3-8H2,1-2H3,(H,13,15). The quantitative estimate of drug-likeness (QED) is 0.738. The lowest BCUT2D eigenvalue weighted by Crippen LogP contribution is -2.46. The third-order valence-corrected chi connectivity index (χ3v) is 4.94. The summed E-state index contributed by atoms with van der Waals surface area (Å²) in [6.45, 7) is 3.79. The van der Waals surface area contributed by atoms with Gasteiger partial charge < -0.3 is 4.74 Å². The predicted molar refractivity (Wildman–Crippen MR) is 76.4 cm³/mol. The van der Waals surface area contributed by atoms with Crippen LogP contribution in [0, 0.1) is 0 Å². The van der Waals surface area contributed by atoms with Gasteiger partial charge in [-0.3, -0.25) is 0 Å². The summed E-state index contributed by atoms with van der Waals surface area (Å²) < 4.78 is 32.3. The molecule has 0 aromatic heterocycles. The number of hydrogen-bond acceptors (Lipinski definition) is 4. The normalized spacial score (nSPS) is 20.7. The summed E-state index contributed by atoms with van der Waals surface area (Å²) in [5.41, 5.74) is 0. The number of nitrogens with zero attached hydrogens (tertiary/aromatic N) is 1. The van der Waals surface area contributed by atoms with E-state index in [9.17, 15) is 13.2 Å². The fraction of sp³-hybridized carbons (Fsp3) is 0.909. The van der Waals surface area contributed by atoms with Crippen LogP contribution in [-0.4, -0.2) is 42.8 Å². The topological polar surface area (TPSA) is 75.7 Å². The maximum absolute atomic E-state index is 12.1. The van der Waals surface area contributed by atoms with Crippen LogP contribution in [0.15, 0.2) is 0 Å². The zero-order valence-electron chi connectivity index (χ0n) is 11.3. The minimum Gasteiger partial charge on any atom is -0.446 e. The molecule has 6 nitrogen and oxygen atoms in total. The van der Waals surface area contributed by atoms with Crippen LogP contribution in [0.4, 0.5) is 4.79 Å². The van der Waals surface area contributed by atoms with Crippen LogP contribution in [0.1, 0.15) is 39.5 Å². The second-order valence-corrected chi connectivity index (χ2v) is 7.22. The Morgan fingerprint density at radius 1 is 1.53 bits per heavy atom. The number of hydrogen-bond donors (Lipinski definition) is 1. The maximum atomic E-state index is 12.1. The molecule has 0 bridgehead atoms. The molecule has 1 N–H and O–H groups in total. The van der Waals surface area contributed by atoms with Crippen LogP contribution >= 0.6 is 15.9 Å². The van der Waals surface area contributed by atoms with Crippen LogP contribution in [-0.2, 0) is 14.9 Å². The van der Waals surface area contributed by atoms with Crippen molar-refractivity contribution in [3.8, 4) is 0 Å². The zero-order valence-corrected chi connectivity index (χ0v) is 13.7. The van der Waals surface area contributed by atoms with Gasteiger partial charge in [0.15, 0.2) is 0 Å². The van der Waals surface area contributed by atoms with Crippen molar-refractivity contribution in [3.05, 3.63) is 0 Å². The molecule has 1 atom stereocenters. The average Bonchev–Trinajstić information content (AvgIpc) is 2.72. The molecule has 19 heavy (non-hydrogen) atoms. The summed E-state index contributed by atoms with van der Waals surface area (Å²) in [7, 11) is -3.79. The van der Waals surface area contributed by atoms with Gasteiger partial charge >= 0.3 is 16.3 Å². The van der Waals surface area contributed by atoms with Gasteiger partial charge in [-0.05, 0) is 39.5 Å². The molecule has 0 saturated carbocycles. The Morgan fingerprint density at radius 3 is 2.79 bits per heavy atom. The highest BCUT2D eigenvalue weighted by molar-refractivity contribution is 9.09. The monoisotopic (exact) mass is 356 g/mol. The Kier molecular flexibility index (Phi) is 6.55. The molecule has 1 amide bonds. The first-order chi connectivity index (χ1) is 8.86. The van der Waals surface area contributed by atoms with Gasteiger partial charge in [0, 0.05) is 17.9 Å². The number of carbonyl (C=O) groups excluding carboxylic acids is 1. The molecule has 1 aliphatic rings. The first-order valence-electron chi connectivity index (χ1n) is 6.43. The molecule has 1 heterocycles. The molecule has 0 aliphatic carbocycles. The van der Waals surface area contributed by atoms with E-state index in [4.69, 9.17) is 4.74 Å². The second-order valence-electron chi connectivity index (χ2n) is 4.80. The van der Waals surface area contributed by atoms with Crippen LogP contribution in [0.5, 0.6) is 0 Å². The Balaban J connectivity index is 2.62. The van der Waals surface area contributed by atoms with Gasteiger partial charge in [-0.1, -0.05) is 15.9 Å². The van der Waals surface area contributed by atoms with Crippen molar-refractivity contribution in [1.82, 2.24) is 9.03 Å². The van der Waals surface area contributed by atoms with Gasteiger partial charge in [-0.2, -0.15) is 12.7 Å². The minimum absolute atomic E-state index is 0.0260. The number of amides is 1. The van der Waals surface area contributed by atoms with Crippen molar-refractivity contribution < 1.29 is 17.9 Å². The minimum atomic E-state index is -3.79. The van der Waals surface area contributed by atoms with Gasteiger partial charge in [0.05, 0.1) is 6.10 Å². The highest BCUT2D eigenvalue weighted by Crippen LogP contribution is 2.24. The van der Waals surface area contributed by atoms with E-state index in [1.807, 2.05) is 4.72 Å². The summed E-state index contributed by atoms with van der Waals surface area (Å²) in [5, 5.41) is 0.847. The maximum Gasteiger partial charge on any atom is 0.422 e. The number of carbonyl (C=O) groups is 1. The third kappa shape index (κ3) is 5.27. The second kappa shape index (κ2) is 7.44. The van der Waals surface area contributed by atoms with Gasteiger partial charge in [0.2, 0.25) is 0 Å². The van der Waals surface area contributed by atoms with E-state index >= 15 is 0 Å². The molecule has 1 saturated heterocycles. The largest absolute Gasteiger partial charge is 0.446 e. The van der Waals surface area contributed by atoms with Crippen molar-refractivity contribution in [1.29, 1.82) is 0 Å². The number of ether oxygens (including phenoxy) is 1. The van der Waals surface area contributed by atoms with Crippen LogP contribution in [0.2, 0.25) is 0 Å². The molecule has 0 spiro atoms. The first kappa shape index (κ1) is 16.7. The molecule has 0 aromatic carbocycles. The number of nitrogens with one attached hydrogen (secondary N) is 1. The van der Waals surface area contributed by atoms with E-state index in [2.05, 4.69) is 15.9 Å². The summed E-state index contributed by atoms with van der Waals surface area (Å²) in [4.78, 5) is 11.4. The third-order valence-electron chi connectivity index (χ3n) is 2.86. The van der Waals surface area contributed by atoms with E-state index in [1.165, 1.54) is 4.31 Å². The van der Waals surface area contributed by atoms with Crippen molar-refractivity contribution in [2.75, 3.05) is 11.9 Å². The fourth-order valence-corrected chi connectivity index (χ4v) is 3.80. The van der Waals surface area contributed by atoms with Crippen molar-refractivity contribution in [2.45, 2.75) is 51.7 Å². The first-order valence-corrected chi connectivity index (χ1v) is 8.99. The summed E-state index contributed by atoms with van der Waals surface area (Å²) >= 11 is 3.34. The molecule has 1 fully saturated rings. The van der Waals surface area contributed by atoms with Crippen molar-refractivity contribution in [2.24, 2.45) is 0 Å². The van der Waals surface area contributed by atoms with Crippen LogP contribution < -0.4 is 4.72 Å². The van der Waals surface area contributed by atoms with Crippen LogP contribution in [0.25, 0.3) is 0 Å². The Labute approximate surface area is 123 Å². The Morgan fingerprint density at radius 2 is 2.21 bits per heavy atom. The van der Waals surface area contributed by atoms with Crippen molar-refractivity contribution in [3.63, 3.8) is 0 Å². The molecule has 1 unspecified atom stereocenters. The van der Waals surface area contributed by atoms with Gasteiger partial charge in [-0.25, -0.2) is 9.52 Å². The Hall–Kier alpha value is -0.340. The molecule has 0 radical (unpaired) electrons. The zero-order chi connectivity index (χ0) is 14.5. The summed E-state index contributed by atoms with van der Waals surface area (Å²) in [6.07, 6.45) is 2.11. The predicted octanol–water partition coefficient (Wildman–Crippen LogP) is 2.01.